The lowest BCUT2D eigenvalue weighted by molar-refractivity contribution is -0.121. The summed E-state index contributed by atoms with van der Waals surface area (Å²) in [5.41, 5.74) is 0. The van der Waals surface area contributed by atoms with Crippen LogP contribution in [-0.4, -0.2) is 29.6 Å². The molecule has 114 valence electrons. The molecule has 0 aliphatic heterocycles. The summed E-state index contributed by atoms with van der Waals surface area (Å²) in [7, 11) is -4.15. The highest BCUT2D eigenvalue weighted by molar-refractivity contribution is 8.13. The van der Waals surface area contributed by atoms with Crippen molar-refractivity contribution in [3.05, 3.63) is 24.0 Å². The van der Waals surface area contributed by atoms with Crippen molar-refractivity contribution in [3.8, 4) is 0 Å². The number of sulfonamides is 1. The summed E-state index contributed by atoms with van der Waals surface area (Å²) < 4.78 is 95.0. The Morgan fingerprint density at radius 2 is 1.70 bits per heavy atom. The van der Waals surface area contributed by atoms with Gasteiger partial charge in [0.05, 0.1) is 4.90 Å². The molecular weight excluding hydrogens is 350 g/mol. The third kappa shape index (κ3) is 4.58. The molecule has 1 N–H and O–H groups in total. The standard InChI is InChI=1S/C8H6ClF4NO4S2/c9-19(15,16)5-1-2-7(6(10)3-5)20(17,18)14-4-8(11,12)13/h1-3,14H,4H2. The van der Waals surface area contributed by atoms with E-state index in [2.05, 4.69) is 0 Å². The summed E-state index contributed by atoms with van der Waals surface area (Å²) in [6.07, 6.45) is -4.82. The lowest BCUT2D eigenvalue weighted by Crippen LogP contribution is -2.34. The zero-order chi connectivity index (χ0) is 15.8. The van der Waals surface area contributed by atoms with Gasteiger partial charge in [-0.2, -0.15) is 13.2 Å². The first-order valence-corrected chi connectivity index (χ1v) is 8.43. The molecule has 1 aromatic carbocycles. The predicted octanol–water partition coefficient (Wildman–Crippen LogP) is 1.59. The van der Waals surface area contributed by atoms with E-state index < -0.39 is 47.4 Å². The summed E-state index contributed by atoms with van der Waals surface area (Å²) in [5, 5.41) is 0. The van der Waals surface area contributed by atoms with Crippen LogP contribution in [0, 0.1) is 5.82 Å². The second kappa shape index (κ2) is 5.47. The molecule has 0 spiro atoms. The second-order valence-electron chi connectivity index (χ2n) is 3.47. The van der Waals surface area contributed by atoms with Crippen molar-refractivity contribution in [2.75, 3.05) is 6.54 Å². The van der Waals surface area contributed by atoms with E-state index in [1.807, 2.05) is 0 Å². The fourth-order valence-electron chi connectivity index (χ4n) is 1.11. The molecule has 0 radical (unpaired) electrons. The molecule has 1 rings (SSSR count). The van der Waals surface area contributed by atoms with E-state index in [0.717, 1.165) is 4.72 Å². The molecule has 0 saturated heterocycles. The molecule has 0 aliphatic carbocycles. The van der Waals surface area contributed by atoms with E-state index in [1.54, 1.807) is 0 Å². The Balaban J connectivity index is 3.15. The van der Waals surface area contributed by atoms with E-state index in [4.69, 9.17) is 10.7 Å². The van der Waals surface area contributed by atoms with Gasteiger partial charge in [0.2, 0.25) is 10.0 Å². The van der Waals surface area contributed by atoms with Gasteiger partial charge in [-0.3, -0.25) is 0 Å². The molecule has 0 unspecified atom stereocenters. The lowest BCUT2D eigenvalue weighted by atomic mass is 10.3. The fourth-order valence-corrected chi connectivity index (χ4v) is 2.94. The van der Waals surface area contributed by atoms with Gasteiger partial charge in [0.1, 0.15) is 17.3 Å². The first-order chi connectivity index (χ1) is 8.83. The number of nitrogens with one attached hydrogen (secondary N) is 1. The highest BCUT2D eigenvalue weighted by Gasteiger charge is 2.31. The molecule has 0 atom stereocenters. The van der Waals surface area contributed by atoms with E-state index in [-0.39, 0.29) is 0 Å². The molecule has 1 aromatic rings. The van der Waals surface area contributed by atoms with E-state index >= 15 is 0 Å². The van der Waals surface area contributed by atoms with Crippen molar-refractivity contribution >= 4 is 29.8 Å². The summed E-state index contributed by atoms with van der Waals surface area (Å²) in [6, 6.07) is 1.46. The van der Waals surface area contributed by atoms with E-state index in [9.17, 15) is 34.4 Å². The molecular formula is C8H6ClF4NO4S2. The van der Waals surface area contributed by atoms with Gasteiger partial charge in [-0.15, -0.1) is 0 Å². The van der Waals surface area contributed by atoms with Crippen LogP contribution in [0.25, 0.3) is 0 Å². The largest absolute Gasteiger partial charge is 0.402 e. The Bertz CT molecular complexity index is 714. The maximum Gasteiger partial charge on any atom is 0.402 e. The number of hydrogen-bond acceptors (Lipinski definition) is 4. The zero-order valence-electron chi connectivity index (χ0n) is 9.28. The quantitative estimate of drug-likeness (QED) is 0.657. The minimum Gasteiger partial charge on any atom is -0.207 e. The Hall–Kier alpha value is -0.910. The van der Waals surface area contributed by atoms with Gasteiger partial charge in [0.15, 0.2) is 0 Å². The molecule has 0 saturated carbocycles. The molecule has 0 bridgehead atoms. The Labute approximate surface area is 116 Å². The SMILES string of the molecule is O=S(=O)(Cl)c1ccc(S(=O)(=O)NCC(F)(F)F)c(F)c1. The van der Waals surface area contributed by atoms with E-state index in [0.29, 0.717) is 18.2 Å². The summed E-state index contributed by atoms with van der Waals surface area (Å²) in [4.78, 5) is -1.84. The normalized spacial score (nSPS) is 13.4. The van der Waals surface area contributed by atoms with Gasteiger partial charge in [-0.05, 0) is 18.2 Å². The minimum absolute atomic E-state index is 0.296. The van der Waals surface area contributed by atoms with Crippen LogP contribution in [0.2, 0.25) is 0 Å². The Morgan fingerprint density at radius 3 is 2.10 bits per heavy atom. The van der Waals surface area contributed by atoms with Crippen molar-refractivity contribution in [1.29, 1.82) is 0 Å². The summed E-state index contributed by atoms with van der Waals surface area (Å²) in [5.74, 6) is -1.54. The number of rotatable bonds is 4. The van der Waals surface area contributed by atoms with Gasteiger partial charge in [0.25, 0.3) is 9.05 Å². The number of hydrogen-bond donors (Lipinski definition) is 1. The molecule has 12 heteroatoms. The smallest absolute Gasteiger partial charge is 0.207 e. The van der Waals surface area contributed by atoms with Crippen LogP contribution in [-0.2, 0) is 19.1 Å². The van der Waals surface area contributed by atoms with Gasteiger partial charge in [-0.25, -0.2) is 25.9 Å². The van der Waals surface area contributed by atoms with Gasteiger partial charge >= 0.3 is 6.18 Å². The zero-order valence-corrected chi connectivity index (χ0v) is 11.7. The Kier molecular flexibility index (Phi) is 4.69. The van der Waals surface area contributed by atoms with Crippen LogP contribution in [0.3, 0.4) is 0 Å². The molecule has 0 amide bonds. The minimum atomic E-state index is -4.82. The molecule has 0 heterocycles. The van der Waals surface area contributed by atoms with Gasteiger partial charge < -0.3 is 0 Å². The van der Waals surface area contributed by atoms with Crippen LogP contribution in [0.5, 0.6) is 0 Å². The Morgan fingerprint density at radius 1 is 1.15 bits per heavy atom. The second-order valence-corrected chi connectivity index (χ2v) is 7.77. The van der Waals surface area contributed by atoms with Crippen LogP contribution in [0.15, 0.2) is 28.0 Å². The molecule has 20 heavy (non-hydrogen) atoms. The number of halogens is 5. The predicted molar refractivity (Wildman–Crippen MR) is 60.7 cm³/mol. The van der Waals surface area contributed by atoms with Crippen LogP contribution in [0.4, 0.5) is 17.6 Å². The fraction of sp³-hybridized carbons (Fsp3) is 0.250. The van der Waals surface area contributed by atoms with Gasteiger partial charge in [-0.1, -0.05) is 0 Å². The number of benzene rings is 1. The maximum absolute atomic E-state index is 13.5. The van der Waals surface area contributed by atoms with Crippen molar-refractivity contribution < 1.29 is 34.4 Å². The summed E-state index contributed by atoms with van der Waals surface area (Å²) >= 11 is 0. The van der Waals surface area contributed by atoms with Crippen molar-refractivity contribution in [2.45, 2.75) is 16.0 Å². The first kappa shape index (κ1) is 17.1. The third-order valence-electron chi connectivity index (χ3n) is 1.94. The topological polar surface area (TPSA) is 80.3 Å². The van der Waals surface area contributed by atoms with E-state index in [1.165, 1.54) is 0 Å². The van der Waals surface area contributed by atoms with Crippen LogP contribution >= 0.6 is 10.7 Å². The summed E-state index contributed by atoms with van der Waals surface area (Å²) in [6.45, 7) is -1.88. The number of alkyl halides is 3. The van der Waals surface area contributed by atoms with Crippen LogP contribution in [0.1, 0.15) is 0 Å². The average molecular weight is 356 g/mol. The molecule has 5 nitrogen and oxygen atoms in total. The lowest BCUT2D eigenvalue weighted by Gasteiger charge is -2.10. The van der Waals surface area contributed by atoms with Crippen molar-refractivity contribution in [1.82, 2.24) is 4.72 Å². The molecule has 0 fully saturated rings. The third-order valence-corrected chi connectivity index (χ3v) is 4.72. The van der Waals surface area contributed by atoms with Crippen molar-refractivity contribution in [3.63, 3.8) is 0 Å². The monoisotopic (exact) mass is 355 g/mol. The maximum atomic E-state index is 13.5. The highest BCUT2D eigenvalue weighted by atomic mass is 35.7. The average Bonchev–Trinajstić information content (AvgIpc) is 2.24. The van der Waals surface area contributed by atoms with Crippen LogP contribution < -0.4 is 4.72 Å². The molecule has 0 aromatic heterocycles. The highest BCUT2D eigenvalue weighted by Crippen LogP contribution is 2.22. The first-order valence-electron chi connectivity index (χ1n) is 4.63. The van der Waals surface area contributed by atoms with Gasteiger partial charge in [0, 0.05) is 10.7 Å². The van der Waals surface area contributed by atoms with Crippen molar-refractivity contribution in [2.24, 2.45) is 0 Å². The molecule has 0 aliphatic rings.